The van der Waals surface area contributed by atoms with Gasteiger partial charge in [0.05, 0.1) is 5.56 Å². The van der Waals surface area contributed by atoms with Gasteiger partial charge in [0.25, 0.3) is 0 Å². The Hall–Kier alpha value is -1.46. The maximum atomic E-state index is 11.2. The van der Waals surface area contributed by atoms with E-state index in [9.17, 15) is 4.79 Å². The average Bonchev–Trinajstić information content (AvgIpc) is 2.37. The molecule has 0 aliphatic rings. The zero-order valence-electron chi connectivity index (χ0n) is 11.1. The number of benzene rings is 1. The number of nitrogens with zero attached hydrogens (tertiary/aromatic N) is 3. The molecule has 0 fully saturated rings. The summed E-state index contributed by atoms with van der Waals surface area (Å²) in [6, 6.07) is 7.96. The van der Waals surface area contributed by atoms with Crippen LogP contribution in [-0.4, -0.2) is 23.3 Å². The minimum Gasteiger partial charge on any atom is -0.355 e. The van der Waals surface area contributed by atoms with Crippen LogP contribution in [0.15, 0.2) is 28.7 Å². The van der Waals surface area contributed by atoms with Gasteiger partial charge >= 0.3 is 0 Å². The van der Waals surface area contributed by atoms with E-state index < -0.39 is 0 Å². The number of halogens is 2. The quantitative estimate of drug-likeness (QED) is 0.621. The van der Waals surface area contributed by atoms with Crippen molar-refractivity contribution in [3.8, 4) is 0 Å². The molecule has 104 valence electrons. The molecule has 0 radical (unpaired) electrons. The summed E-state index contributed by atoms with van der Waals surface area (Å²) < 4.78 is 1.01. The molecule has 0 aliphatic carbocycles. The highest BCUT2D eigenvalue weighted by Gasteiger charge is 2.15. The second-order valence-corrected chi connectivity index (χ2v) is 5.68. The lowest BCUT2D eigenvalue weighted by atomic mass is 10.2. The predicted octanol–water partition coefficient (Wildman–Crippen LogP) is 3.65. The monoisotopic (exact) mass is 353 g/mol. The minimum absolute atomic E-state index is 0.184. The molecule has 0 aliphatic heterocycles. The van der Waals surface area contributed by atoms with Crippen molar-refractivity contribution in [2.45, 2.75) is 13.5 Å². The molecule has 2 rings (SSSR count). The molecule has 0 saturated carbocycles. The molecule has 0 atom stereocenters. The Morgan fingerprint density at radius 2 is 2.15 bits per heavy atom. The maximum absolute atomic E-state index is 11.2. The van der Waals surface area contributed by atoms with Gasteiger partial charge in [-0.15, -0.1) is 0 Å². The van der Waals surface area contributed by atoms with Crippen molar-refractivity contribution < 1.29 is 4.79 Å². The number of aldehydes is 1. The Morgan fingerprint density at radius 1 is 1.40 bits per heavy atom. The number of hydrogen-bond donors (Lipinski definition) is 0. The van der Waals surface area contributed by atoms with Crippen molar-refractivity contribution in [1.82, 2.24) is 9.97 Å². The third-order valence-electron chi connectivity index (χ3n) is 2.78. The minimum atomic E-state index is 0.184. The predicted molar refractivity (Wildman–Crippen MR) is 83.4 cm³/mol. The third kappa shape index (κ3) is 3.35. The van der Waals surface area contributed by atoms with Gasteiger partial charge in [-0.3, -0.25) is 4.79 Å². The summed E-state index contributed by atoms with van der Waals surface area (Å²) in [4.78, 5) is 21.4. The van der Waals surface area contributed by atoms with Crippen LogP contribution < -0.4 is 4.90 Å². The molecule has 1 aromatic heterocycles. The normalized spacial score (nSPS) is 10.4. The number of anilines is 1. The van der Waals surface area contributed by atoms with Crippen LogP contribution in [0.25, 0.3) is 0 Å². The Bertz CT molecular complexity index is 648. The van der Waals surface area contributed by atoms with Gasteiger partial charge < -0.3 is 4.90 Å². The lowest BCUT2D eigenvalue weighted by Gasteiger charge is -2.20. The average molecular weight is 355 g/mol. The first kappa shape index (κ1) is 14.9. The molecule has 1 heterocycles. The number of rotatable bonds is 4. The molecule has 6 heteroatoms. The van der Waals surface area contributed by atoms with E-state index in [1.54, 1.807) is 6.92 Å². The van der Waals surface area contributed by atoms with Crippen molar-refractivity contribution in [2.24, 2.45) is 0 Å². The highest BCUT2D eigenvalue weighted by atomic mass is 79.9. The van der Waals surface area contributed by atoms with E-state index in [4.69, 9.17) is 11.6 Å². The highest BCUT2D eigenvalue weighted by molar-refractivity contribution is 9.10. The number of aromatic nitrogens is 2. The largest absolute Gasteiger partial charge is 0.355 e. The molecule has 0 spiro atoms. The Balaban J connectivity index is 2.33. The van der Waals surface area contributed by atoms with E-state index in [1.165, 1.54) is 0 Å². The lowest BCUT2D eigenvalue weighted by Crippen LogP contribution is -2.20. The van der Waals surface area contributed by atoms with E-state index in [0.717, 1.165) is 10.0 Å². The van der Waals surface area contributed by atoms with Crippen LogP contribution in [0.2, 0.25) is 5.15 Å². The molecule has 2 aromatic rings. The van der Waals surface area contributed by atoms with Crippen LogP contribution in [0.3, 0.4) is 0 Å². The summed E-state index contributed by atoms with van der Waals surface area (Å²) in [5.74, 6) is 1.08. The fourth-order valence-corrected chi connectivity index (χ4v) is 2.61. The topological polar surface area (TPSA) is 46.1 Å². The number of hydrogen-bond acceptors (Lipinski definition) is 4. The van der Waals surface area contributed by atoms with Gasteiger partial charge in [-0.05, 0) is 24.6 Å². The van der Waals surface area contributed by atoms with Crippen molar-refractivity contribution in [2.75, 3.05) is 11.9 Å². The summed E-state index contributed by atoms with van der Waals surface area (Å²) in [6.45, 7) is 2.37. The Morgan fingerprint density at radius 3 is 2.80 bits per heavy atom. The van der Waals surface area contributed by atoms with Crippen molar-refractivity contribution in [3.05, 3.63) is 50.8 Å². The van der Waals surface area contributed by atoms with E-state index in [2.05, 4.69) is 25.9 Å². The SMILES string of the molecule is Cc1nc(Cl)c(C=O)c(N(C)Cc2cccc(Br)c2)n1. The Labute approximate surface area is 130 Å². The fourth-order valence-electron chi connectivity index (χ4n) is 1.91. The summed E-state index contributed by atoms with van der Waals surface area (Å²) in [5.41, 5.74) is 1.42. The summed E-state index contributed by atoms with van der Waals surface area (Å²) in [6.07, 6.45) is 0.689. The first-order valence-corrected chi connectivity index (χ1v) is 7.13. The van der Waals surface area contributed by atoms with E-state index in [1.807, 2.05) is 36.2 Å². The summed E-state index contributed by atoms with van der Waals surface area (Å²) >= 11 is 9.43. The van der Waals surface area contributed by atoms with Gasteiger partial charge in [0.1, 0.15) is 16.8 Å². The standard InChI is InChI=1S/C14H13BrClN3O/c1-9-17-13(16)12(8-20)14(18-9)19(2)7-10-4-3-5-11(15)6-10/h3-6,8H,7H2,1-2H3. The zero-order valence-corrected chi connectivity index (χ0v) is 13.4. The van der Waals surface area contributed by atoms with E-state index in [0.29, 0.717) is 30.0 Å². The zero-order chi connectivity index (χ0) is 14.7. The number of carbonyl (C=O) groups excluding carboxylic acids is 1. The molecule has 0 saturated heterocycles. The molecule has 1 aromatic carbocycles. The van der Waals surface area contributed by atoms with E-state index in [-0.39, 0.29) is 5.15 Å². The Kier molecular flexibility index (Phi) is 4.73. The van der Waals surface area contributed by atoms with Crippen LogP contribution >= 0.6 is 27.5 Å². The molecule has 4 nitrogen and oxygen atoms in total. The van der Waals surface area contributed by atoms with E-state index >= 15 is 0 Å². The molecule has 20 heavy (non-hydrogen) atoms. The summed E-state index contributed by atoms with van der Waals surface area (Å²) in [5, 5.41) is 0.184. The van der Waals surface area contributed by atoms with Crippen molar-refractivity contribution in [3.63, 3.8) is 0 Å². The van der Waals surface area contributed by atoms with Gasteiger partial charge in [-0.1, -0.05) is 39.7 Å². The van der Waals surface area contributed by atoms with Gasteiger partial charge in [-0.2, -0.15) is 0 Å². The first-order chi connectivity index (χ1) is 9.51. The molecule has 0 bridgehead atoms. The molecule has 0 unspecified atom stereocenters. The van der Waals surface area contributed by atoms with Crippen LogP contribution in [0, 0.1) is 6.92 Å². The highest BCUT2D eigenvalue weighted by Crippen LogP contribution is 2.23. The molecular weight excluding hydrogens is 342 g/mol. The number of aryl methyl sites for hydroxylation is 1. The third-order valence-corrected chi connectivity index (χ3v) is 3.56. The lowest BCUT2D eigenvalue weighted by molar-refractivity contribution is 0.112. The maximum Gasteiger partial charge on any atom is 0.156 e. The number of carbonyl (C=O) groups is 1. The van der Waals surface area contributed by atoms with Crippen LogP contribution in [0.4, 0.5) is 5.82 Å². The first-order valence-electron chi connectivity index (χ1n) is 5.96. The van der Waals surface area contributed by atoms with Gasteiger partial charge in [0.15, 0.2) is 6.29 Å². The van der Waals surface area contributed by atoms with Crippen LogP contribution in [0.5, 0.6) is 0 Å². The van der Waals surface area contributed by atoms with Crippen molar-refractivity contribution >= 4 is 39.6 Å². The second kappa shape index (κ2) is 6.33. The summed E-state index contributed by atoms with van der Waals surface area (Å²) in [7, 11) is 1.87. The second-order valence-electron chi connectivity index (χ2n) is 4.40. The van der Waals surface area contributed by atoms with Crippen LogP contribution in [0.1, 0.15) is 21.7 Å². The molecule has 0 N–H and O–H groups in total. The fraction of sp³-hybridized carbons (Fsp3) is 0.214. The van der Waals surface area contributed by atoms with Gasteiger partial charge in [0.2, 0.25) is 0 Å². The van der Waals surface area contributed by atoms with Crippen LogP contribution in [-0.2, 0) is 6.54 Å². The van der Waals surface area contributed by atoms with Crippen molar-refractivity contribution in [1.29, 1.82) is 0 Å². The van der Waals surface area contributed by atoms with Gasteiger partial charge in [-0.25, -0.2) is 9.97 Å². The molecule has 0 amide bonds. The van der Waals surface area contributed by atoms with Gasteiger partial charge in [0, 0.05) is 18.1 Å². The smallest absolute Gasteiger partial charge is 0.156 e. The molecular formula is C14H13BrClN3O.